The molecule has 0 saturated heterocycles. The summed E-state index contributed by atoms with van der Waals surface area (Å²) in [6.07, 6.45) is 2.05. The van der Waals surface area contributed by atoms with Gasteiger partial charge in [0.2, 0.25) is 5.89 Å². The molecule has 0 radical (unpaired) electrons. The molecule has 4 rings (SSSR count). The highest BCUT2D eigenvalue weighted by Crippen LogP contribution is 2.29. The van der Waals surface area contributed by atoms with E-state index in [0.29, 0.717) is 29.5 Å². The molecule has 0 spiro atoms. The Hall–Kier alpha value is -3.60. The number of oxazole rings is 1. The van der Waals surface area contributed by atoms with E-state index < -0.39 is 0 Å². The summed E-state index contributed by atoms with van der Waals surface area (Å²) >= 11 is 0. The minimum Gasteiger partial charge on any atom is -0.494 e. The van der Waals surface area contributed by atoms with Crippen LogP contribution in [0.15, 0.2) is 65.1 Å². The summed E-state index contributed by atoms with van der Waals surface area (Å²) in [6, 6.07) is 18.8. The van der Waals surface area contributed by atoms with Crippen LogP contribution >= 0.6 is 0 Å². The average molecular weight is 415 g/mol. The van der Waals surface area contributed by atoms with Gasteiger partial charge in [-0.15, -0.1) is 0 Å². The topological polar surface area (TPSA) is 64.4 Å². The summed E-state index contributed by atoms with van der Waals surface area (Å²) < 4.78 is 11.7. The minimum atomic E-state index is -0.192. The number of rotatable bonds is 7. The number of carbonyl (C=O) groups excluding carboxylic acids is 1. The first-order chi connectivity index (χ1) is 15.0. The highest BCUT2D eigenvalue weighted by atomic mass is 16.5. The summed E-state index contributed by atoms with van der Waals surface area (Å²) in [5.41, 5.74) is 5.85. The lowest BCUT2D eigenvalue weighted by molar-refractivity contribution is 0.102. The zero-order chi connectivity index (χ0) is 21.8. The van der Waals surface area contributed by atoms with Gasteiger partial charge in [-0.2, -0.15) is 0 Å². The van der Waals surface area contributed by atoms with Crippen molar-refractivity contribution in [1.82, 2.24) is 4.98 Å². The van der Waals surface area contributed by atoms with Crippen molar-refractivity contribution in [1.29, 1.82) is 0 Å². The van der Waals surface area contributed by atoms with Crippen LogP contribution in [0.2, 0.25) is 0 Å². The molecular weight excluding hydrogens is 388 g/mol. The Balaban J connectivity index is 1.53. The van der Waals surface area contributed by atoms with Gasteiger partial charge < -0.3 is 14.5 Å². The van der Waals surface area contributed by atoms with Crippen molar-refractivity contribution < 1.29 is 13.9 Å². The zero-order valence-electron chi connectivity index (χ0n) is 18.1. The van der Waals surface area contributed by atoms with Crippen molar-refractivity contribution in [2.75, 3.05) is 11.9 Å². The number of benzene rings is 3. The van der Waals surface area contributed by atoms with E-state index in [1.54, 1.807) is 12.1 Å². The number of aryl methyl sites for hydroxylation is 2. The molecule has 0 bridgehead atoms. The van der Waals surface area contributed by atoms with Crippen LogP contribution in [-0.2, 0) is 0 Å². The summed E-state index contributed by atoms with van der Waals surface area (Å²) in [7, 11) is 0. The van der Waals surface area contributed by atoms with Gasteiger partial charge in [0, 0.05) is 16.8 Å². The highest BCUT2D eigenvalue weighted by Gasteiger charge is 2.13. The third-order valence-electron chi connectivity index (χ3n) is 5.05. The second-order valence-corrected chi connectivity index (χ2v) is 7.71. The van der Waals surface area contributed by atoms with E-state index >= 15 is 0 Å². The fourth-order valence-electron chi connectivity index (χ4n) is 3.49. The lowest BCUT2D eigenvalue weighted by atomic mass is 10.1. The molecule has 0 saturated carbocycles. The summed E-state index contributed by atoms with van der Waals surface area (Å²) in [5, 5.41) is 2.95. The lowest BCUT2D eigenvalue weighted by Gasteiger charge is -2.09. The van der Waals surface area contributed by atoms with E-state index in [1.807, 2.05) is 56.3 Å². The van der Waals surface area contributed by atoms with Crippen LogP contribution in [0, 0.1) is 13.8 Å². The van der Waals surface area contributed by atoms with Crippen molar-refractivity contribution >= 4 is 22.7 Å². The third kappa shape index (κ3) is 4.77. The molecule has 31 heavy (non-hydrogen) atoms. The Morgan fingerprint density at radius 1 is 1.06 bits per heavy atom. The van der Waals surface area contributed by atoms with Crippen molar-refractivity contribution in [3.8, 4) is 17.2 Å². The van der Waals surface area contributed by atoms with Crippen molar-refractivity contribution in [2.45, 2.75) is 33.6 Å². The molecule has 0 aliphatic rings. The van der Waals surface area contributed by atoms with Gasteiger partial charge in [0.25, 0.3) is 5.91 Å². The molecule has 0 unspecified atom stereocenters. The van der Waals surface area contributed by atoms with Crippen molar-refractivity contribution in [2.24, 2.45) is 0 Å². The normalized spacial score (nSPS) is 10.9. The van der Waals surface area contributed by atoms with Crippen LogP contribution in [-0.4, -0.2) is 17.5 Å². The van der Waals surface area contributed by atoms with Gasteiger partial charge >= 0.3 is 0 Å². The molecule has 0 fully saturated rings. The number of fused-ring (bicyclic) bond motifs is 1. The molecule has 1 N–H and O–H groups in total. The molecule has 4 aromatic rings. The number of unbranched alkanes of at least 4 members (excludes halogenated alkanes) is 1. The maximum atomic E-state index is 12.8. The first-order valence-electron chi connectivity index (χ1n) is 10.6. The van der Waals surface area contributed by atoms with E-state index in [4.69, 9.17) is 9.15 Å². The van der Waals surface area contributed by atoms with E-state index in [1.165, 1.54) is 0 Å². The first-order valence-corrected chi connectivity index (χ1v) is 10.6. The summed E-state index contributed by atoms with van der Waals surface area (Å²) in [6.45, 7) is 6.82. The maximum Gasteiger partial charge on any atom is 0.255 e. The maximum absolute atomic E-state index is 12.8. The molecule has 3 aromatic carbocycles. The van der Waals surface area contributed by atoms with Crippen LogP contribution < -0.4 is 10.1 Å². The van der Waals surface area contributed by atoms with Gasteiger partial charge in [0.1, 0.15) is 11.3 Å². The quantitative estimate of drug-likeness (QED) is 0.349. The van der Waals surface area contributed by atoms with Crippen molar-refractivity contribution in [3.63, 3.8) is 0 Å². The van der Waals surface area contributed by atoms with E-state index in [0.717, 1.165) is 40.6 Å². The molecule has 0 aliphatic heterocycles. The Labute approximate surface area is 182 Å². The third-order valence-corrected chi connectivity index (χ3v) is 5.05. The molecule has 0 aliphatic carbocycles. The summed E-state index contributed by atoms with van der Waals surface area (Å²) in [4.78, 5) is 17.4. The molecule has 0 atom stereocenters. The fraction of sp³-hybridized carbons (Fsp3) is 0.231. The van der Waals surface area contributed by atoms with Crippen LogP contribution in [0.1, 0.15) is 41.3 Å². The van der Waals surface area contributed by atoms with Crippen LogP contribution in [0.5, 0.6) is 5.75 Å². The van der Waals surface area contributed by atoms with Crippen LogP contribution in [0.4, 0.5) is 5.69 Å². The summed E-state index contributed by atoms with van der Waals surface area (Å²) in [5.74, 6) is 1.04. The van der Waals surface area contributed by atoms with E-state index in [2.05, 4.69) is 23.3 Å². The Morgan fingerprint density at radius 3 is 2.74 bits per heavy atom. The highest BCUT2D eigenvalue weighted by molar-refractivity contribution is 6.04. The number of hydrogen-bond donors (Lipinski definition) is 1. The van der Waals surface area contributed by atoms with Gasteiger partial charge in [-0.05, 0) is 73.9 Å². The van der Waals surface area contributed by atoms with Gasteiger partial charge in [-0.25, -0.2) is 4.98 Å². The zero-order valence-corrected chi connectivity index (χ0v) is 18.1. The molecule has 5 heteroatoms. The van der Waals surface area contributed by atoms with Gasteiger partial charge in [0.15, 0.2) is 5.58 Å². The van der Waals surface area contributed by atoms with Crippen molar-refractivity contribution in [3.05, 3.63) is 77.4 Å². The molecule has 1 amide bonds. The number of nitrogens with one attached hydrogen (secondary N) is 1. The van der Waals surface area contributed by atoms with Crippen LogP contribution in [0.3, 0.4) is 0 Å². The van der Waals surface area contributed by atoms with Gasteiger partial charge in [0.05, 0.1) is 6.61 Å². The predicted octanol–water partition coefficient (Wildman–Crippen LogP) is 6.54. The molecular formula is C26H26N2O3. The SMILES string of the molecule is CCCCOc1cccc(C(=O)Nc2cccc(-c3nc4cc(C)cc(C)c4o3)c2)c1. The van der Waals surface area contributed by atoms with Gasteiger partial charge in [-0.3, -0.25) is 4.79 Å². The van der Waals surface area contributed by atoms with E-state index in [-0.39, 0.29) is 5.91 Å². The number of anilines is 1. The largest absolute Gasteiger partial charge is 0.494 e. The number of aromatic nitrogens is 1. The molecule has 1 aromatic heterocycles. The molecule has 1 heterocycles. The number of carbonyl (C=O) groups is 1. The Morgan fingerprint density at radius 2 is 1.90 bits per heavy atom. The average Bonchev–Trinajstić information content (AvgIpc) is 3.19. The second-order valence-electron chi connectivity index (χ2n) is 7.71. The monoisotopic (exact) mass is 414 g/mol. The number of nitrogens with zero attached hydrogens (tertiary/aromatic N) is 1. The second kappa shape index (κ2) is 9.04. The Kier molecular flexibility index (Phi) is 6.03. The van der Waals surface area contributed by atoms with Crippen LogP contribution in [0.25, 0.3) is 22.6 Å². The van der Waals surface area contributed by atoms with E-state index in [9.17, 15) is 4.79 Å². The van der Waals surface area contributed by atoms with Gasteiger partial charge in [-0.1, -0.05) is 31.5 Å². The Bertz CT molecular complexity index is 1230. The number of amides is 1. The first kappa shape index (κ1) is 20.7. The lowest BCUT2D eigenvalue weighted by Crippen LogP contribution is -2.12. The minimum absolute atomic E-state index is 0.192. The molecule has 5 nitrogen and oxygen atoms in total. The number of hydrogen-bond acceptors (Lipinski definition) is 4. The fourth-order valence-corrected chi connectivity index (χ4v) is 3.49. The predicted molar refractivity (Wildman–Crippen MR) is 124 cm³/mol. The standard InChI is InChI=1S/C26H26N2O3/c1-4-5-12-30-22-11-7-8-19(16-22)25(29)27-21-10-6-9-20(15-21)26-28-23-14-17(2)13-18(3)24(23)31-26/h6-11,13-16H,4-5,12H2,1-3H3,(H,27,29). The smallest absolute Gasteiger partial charge is 0.255 e. The molecule has 158 valence electrons. The number of ether oxygens (including phenoxy) is 1.